The summed E-state index contributed by atoms with van der Waals surface area (Å²) in [6.07, 6.45) is 4.73. The van der Waals surface area contributed by atoms with E-state index in [2.05, 4.69) is 20.1 Å². The summed E-state index contributed by atoms with van der Waals surface area (Å²) in [6, 6.07) is 2.31. The van der Waals surface area contributed by atoms with Gasteiger partial charge in [-0.1, -0.05) is 12.1 Å². The van der Waals surface area contributed by atoms with Crippen molar-refractivity contribution in [3.05, 3.63) is 41.6 Å². The maximum atomic E-state index is 13.9. The van der Waals surface area contributed by atoms with E-state index in [1.807, 2.05) is 6.92 Å². The number of nitrogens with zero attached hydrogens (tertiary/aromatic N) is 4. The summed E-state index contributed by atoms with van der Waals surface area (Å²) >= 11 is 0. The van der Waals surface area contributed by atoms with Gasteiger partial charge in [-0.25, -0.2) is 9.37 Å². The third-order valence-electron chi connectivity index (χ3n) is 4.57. The molecule has 1 aliphatic heterocycles. The van der Waals surface area contributed by atoms with Crippen LogP contribution >= 0.6 is 0 Å². The number of aryl methyl sites for hydroxylation is 1. The molecule has 1 fully saturated rings. The molecular formula is C17H18FN5O2. The standard InChI is InChI=1S/C17H18FN5O2/c1-2-14-21-16(22-25-14)13-5-3-4-6-23(13)17(24)11-7-10(18)8-12-15(11)20-9-19-12/h7-9,13H,2-6H2,1H3,(H,19,20). The molecule has 0 saturated carbocycles. The van der Waals surface area contributed by atoms with Crippen molar-refractivity contribution in [1.29, 1.82) is 0 Å². The number of aromatic nitrogens is 4. The molecule has 7 nitrogen and oxygen atoms in total. The Morgan fingerprint density at radius 3 is 3.12 bits per heavy atom. The molecule has 130 valence electrons. The number of nitrogens with one attached hydrogen (secondary N) is 1. The van der Waals surface area contributed by atoms with Crippen LogP contribution in [0.2, 0.25) is 0 Å². The van der Waals surface area contributed by atoms with Crippen LogP contribution < -0.4 is 0 Å². The molecule has 2 aromatic heterocycles. The number of halogens is 1. The number of amides is 1. The van der Waals surface area contributed by atoms with Crippen LogP contribution in [-0.4, -0.2) is 37.5 Å². The Morgan fingerprint density at radius 2 is 2.32 bits per heavy atom. The lowest BCUT2D eigenvalue weighted by atomic mass is 9.99. The van der Waals surface area contributed by atoms with Gasteiger partial charge in [0, 0.05) is 13.0 Å². The Kier molecular flexibility index (Phi) is 3.95. The number of benzene rings is 1. The number of carbonyl (C=O) groups excluding carboxylic acids is 1. The van der Waals surface area contributed by atoms with Gasteiger partial charge in [0.2, 0.25) is 5.89 Å². The first-order valence-electron chi connectivity index (χ1n) is 8.43. The number of fused-ring (bicyclic) bond motifs is 1. The van der Waals surface area contributed by atoms with Gasteiger partial charge in [0.05, 0.1) is 23.4 Å². The highest BCUT2D eigenvalue weighted by Gasteiger charge is 2.33. The molecule has 1 aliphatic rings. The average molecular weight is 343 g/mol. The Hall–Kier alpha value is -2.77. The highest BCUT2D eigenvalue weighted by atomic mass is 19.1. The van der Waals surface area contributed by atoms with Crippen LogP contribution in [0.4, 0.5) is 4.39 Å². The zero-order valence-electron chi connectivity index (χ0n) is 13.8. The quantitative estimate of drug-likeness (QED) is 0.790. The van der Waals surface area contributed by atoms with Crippen molar-refractivity contribution >= 4 is 16.9 Å². The van der Waals surface area contributed by atoms with Crippen molar-refractivity contribution in [1.82, 2.24) is 25.0 Å². The smallest absolute Gasteiger partial charge is 0.256 e. The van der Waals surface area contributed by atoms with E-state index in [1.54, 1.807) is 4.90 Å². The summed E-state index contributed by atoms with van der Waals surface area (Å²) in [5, 5.41) is 4.03. The molecule has 1 atom stereocenters. The van der Waals surface area contributed by atoms with E-state index < -0.39 is 5.82 Å². The Morgan fingerprint density at radius 1 is 1.44 bits per heavy atom. The number of piperidine rings is 1. The summed E-state index contributed by atoms with van der Waals surface area (Å²) in [6.45, 7) is 2.50. The van der Waals surface area contributed by atoms with E-state index in [0.717, 1.165) is 19.3 Å². The van der Waals surface area contributed by atoms with Gasteiger partial charge >= 0.3 is 0 Å². The average Bonchev–Trinajstić information content (AvgIpc) is 3.29. The number of aromatic amines is 1. The summed E-state index contributed by atoms with van der Waals surface area (Å²) in [5.41, 5.74) is 1.23. The number of H-pyrrole nitrogens is 1. The van der Waals surface area contributed by atoms with Crippen LogP contribution in [0.5, 0.6) is 0 Å². The van der Waals surface area contributed by atoms with Gasteiger partial charge in [-0.3, -0.25) is 4.79 Å². The van der Waals surface area contributed by atoms with Crippen molar-refractivity contribution in [3.8, 4) is 0 Å². The molecule has 1 aromatic carbocycles. The third kappa shape index (κ3) is 2.77. The summed E-state index contributed by atoms with van der Waals surface area (Å²) < 4.78 is 19.1. The second-order valence-electron chi connectivity index (χ2n) is 6.16. The maximum Gasteiger partial charge on any atom is 0.256 e. The molecule has 1 amide bonds. The van der Waals surface area contributed by atoms with Crippen molar-refractivity contribution < 1.29 is 13.7 Å². The maximum absolute atomic E-state index is 13.9. The molecule has 0 radical (unpaired) electrons. The predicted octanol–water partition coefficient (Wildman–Crippen LogP) is 3.01. The monoisotopic (exact) mass is 343 g/mol. The van der Waals surface area contributed by atoms with Crippen LogP contribution in [0, 0.1) is 5.82 Å². The fourth-order valence-corrected chi connectivity index (χ4v) is 3.32. The van der Waals surface area contributed by atoms with Gasteiger partial charge < -0.3 is 14.4 Å². The largest absolute Gasteiger partial charge is 0.344 e. The SMILES string of the molecule is CCc1nc(C2CCCCN2C(=O)c2cc(F)cc3[nH]cnc23)no1. The van der Waals surface area contributed by atoms with Gasteiger partial charge in [-0.05, 0) is 31.4 Å². The number of rotatable bonds is 3. The molecule has 0 bridgehead atoms. The van der Waals surface area contributed by atoms with E-state index in [1.165, 1.54) is 18.5 Å². The minimum Gasteiger partial charge on any atom is -0.344 e. The van der Waals surface area contributed by atoms with E-state index >= 15 is 0 Å². The van der Waals surface area contributed by atoms with Crippen molar-refractivity contribution in [3.63, 3.8) is 0 Å². The first-order chi connectivity index (χ1) is 12.2. The number of imidazole rings is 1. The highest BCUT2D eigenvalue weighted by molar-refractivity contribution is 6.05. The molecule has 3 aromatic rings. The fourth-order valence-electron chi connectivity index (χ4n) is 3.32. The zero-order chi connectivity index (χ0) is 17.4. The second kappa shape index (κ2) is 6.27. The minimum atomic E-state index is -0.471. The number of hydrogen-bond acceptors (Lipinski definition) is 5. The fraction of sp³-hybridized carbons (Fsp3) is 0.412. The van der Waals surface area contributed by atoms with Crippen LogP contribution in [0.25, 0.3) is 11.0 Å². The normalized spacial score (nSPS) is 18.0. The summed E-state index contributed by atoms with van der Waals surface area (Å²) in [5.74, 6) is 0.332. The van der Waals surface area contributed by atoms with Crippen LogP contribution in [0.1, 0.15) is 54.3 Å². The van der Waals surface area contributed by atoms with Crippen LogP contribution in [-0.2, 0) is 6.42 Å². The lowest BCUT2D eigenvalue weighted by Gasteiger charge is -2.33. The van der Waals surface area contributed by atoms with Crippen LogP contribution in [0.3, 0.4) is 0 Å². The van der Waals surface area contributed by atoms with E-state index in [-0.39, 0.29) is 17.5 Å². The topological polar surface area (TPSA) is 87.9 Å². The van der Waals surface area contributed by atoms with E-state index in [0.29, 0.717) is 35.7 Å². The number of hydrogen-bond donors (Lipinski definition) is 1. The molecule has 8 heteroatoms. The van der Waals surface area contributed by atoms with Crippen molar-refractivity contribution in [2.24, 2.45) is 0 Å². The lowest BCUT2D eigenvalue weighted by Crippen LogP contribution is -2.39. The number of likely N-dealkylation sites (tertiary alicyclic amines) is 1. The lowest BCUT2D eigenvalue weighted by molar-refractivity contribution is 0.0598. The van der Waals surface area contributed by atoms with Gasteiger partial charge in [0.15, 0.2) is 5.82 Å². The molecule has 0 aliphatic carbocycles. The molecule has 1 unspecified atom stereocenters. The predicted molar refractivity (Wildman–Crippen MR) is 87.4 cm³/mol. The van der Waals surface area contributed by atoms with E-state index in [4.69, 9.17) is 4.52 Å². The molecular weight excluding hydrogens is 325 g/mol. The minimum absolute atomic E-state index is 0.252. The molecule has 0 spiro atoms. The second-order valence-corrected chi connectivity index (χ2v) is 6.16. The Labute approximate surface area is 143 Å². The highest BCUT2D eigenvalue weighted by Crippen LogP contribution is 2.32. The first kappa shape index (κ1) is 15.7. The summed E-state index contributed by atoms with van der Waals surface area (Å²) in [4.78, 5) is 26.3. The van der Waals surface area contributed by atoms with Gasteiger partial charge in [0.1, 0.15) is 11.3 Å². The van der Waals surface area contributed by atoms with Gasteiger partial charge in [-0.2, -0.15) is 4.98 Å². The van der Waals surface area contributed by atoms with E-state index in [9.17, 15) is 9.18 Å². The van der Waals surface area contributed by atoms with Crippen molar-refractivity contribution in [2.75, 3.05) is 6.54 Å². The van der Waals surface area contributed by atoms with Gasteiger partial charge in [-0.15, -0.1) is 0 Å². The molecule has 25 heavy (non-hydrogen) atoms. The zero-order valence-corrected chi connectivity index (χ0v) is 13.8. The molecule has 1 saturated heterocycles. The Balaban J connectivity index is 1.72. The van der Waals surface area contributed by atoms with Gasteiger partial charge in [0.25, 0.3) is 5.91 Å². The molecule has 4 rings (SSSR count). The molecule has 1 N–H and O–H groups in total. The third-order valence-corrected chi connectivity index (χ3v) is 4.57. The Bertz CT molecular complexity index is 919. The van der Waals surface area contributed by atoms with Crippen molar-refractivity contribution in [2.45, 2.75) is 38.6 Å². The first-order valence-corrected chi connectivity index (χ1v) is 8.43. The summed E-state index contributed by atoms with van der Waals surface area (Å²) in [7, 11) is 0. The molecule has 3 heterocycles. The number of carbonyl (C=O) groups is 1. The van der Waals surface area contributed by atoms with Crippen LogP contribution in [0.15, 0.2) is 23.0 Å².